The van der Waals surface area contributed by atoms with E-state index in [1.165, 1.54) is 11.8 Å². The van der Waals surface area contributed by atoms with Gasteiger partial charge in [0.2, 0.25) is 11.8 Å². The zero-order chi connectivity index (χ0) is 25.3. The predicted molar refractivity (Wildman–Crippen MR) is 144 cm³/mol. The van der Waals surface area contributed by atoms with Gasteiger partial charge >= 0.3 is 0 Å². The smallest absolute Gasteiger partial charge is 0.242 e. The van der Waals surface area contributed by atoms with Crippen LogP contribution in [0.5, 0.6) is 11.5 Å². The lowest BCUT2D eigenvalue weighted by Crippen LogP contribution is -2.33. The Balaban J connectivity index is 1.47. The third kappa shape index (κ3) is 6.66. The molecule has 3 aromatic carbocycles. The molecule has 1 aliphatic heterocycles. The number of hydrogen-bond donors (Lipinski definition) is 1. The molecule has 1 fully saturated rings. The molecule has 0 unspecified atom stereocenters. The van der Waals surface area contributed by atoms with Gasteiger partial charge in [-0.15, -0.1) is 0 Å². The van der Waals surface area contributed by atoms with Crippen molar-refractivity contribution in [3.8, 4) is 11.5 Å². The van der Waals surface area contributed by atoms with Gasteiger partial charge in [0.25, 0.3) is 0 Å². The molecule has 36 heavy (non-hydrogen) atoms. The standard InChI is InChI=1S/C28H29N3O4S/c1-3-17-35-24-15-11-21(12-16-24)29-26(32)18-25-27(33)31(19-20-7-5-4-6-8-20)28(36-25)30-22-9-13-23(34-2)14-10-22/h4-16,25H,3,17-19H2,1-2H3,(H,29,32)/t25-/m1/s1. The molecule has 1 atom stereocenters. The zero-order valence-corrected chi connectivity index (χ0v) is 21.2. The summed E-state index contributed by atoms with van der Waals surface area (Å²) in [4.78, 5) is 32.5. The fourth-order valence-corrected chi connectivity index (χ4v) is 4.80. The predicted octanol–water partition coefficient (Wildman–Crippen LogP) is 5.64. The summed E-state index contributed by atoms with van der Waals surface area (Å²) in [7, 11) is 1.61. The molecular formula is C28H29N3O4S. The molecule has 3 aromatic rings. The molecule has 1 saturated heterocycles. The van der Waals surface area contributed by atoms with Crippen molar-refractivity contribution in [1.82, 2.24) is 4.90 Å². The molecule has 8 heteroatoms. The Labute approximate surface area is 215 Å². The first-order chi connectivity index (χ1) is 17.6. The Bertz CT molecular complexity index is 1200. The van der Waals surface area contributed by atoms with Crippen molar-refractivity contribution in [3.05, 3.63) is 84.4 Å². The Hall–Kier alpha value is -3.78. The fraction of sp³-hybridized carbons (Fsp3) is 0.250. The van der Waals surface area contributed by atoms with Crippen molar-refractivity contribution in [2.75, 3.05) is 19.0 Å². The molecule has 4 rings (SSSR count). The second-order valence-corrected chi connectivity index (χ2v) is 9.40. The number of amides is 2. The van der Waals surface area contributed by atoms with Crippen molar-refractivity contribution >= 4 is 40.1 Å². The molecular weight excluding hydrogens is 474 g/mol. The summed E-state index contributed by atoms with van der Waals surface area (Å²) in [5.74, 6) is 1.13. The molecule has 7 nitrogen and oxygen atoms in total. The van der Waals surface area contributed by atoms with E-state index in [0.29, 0.717) is 29.7 Å². The summed E-state index contributed by atoms with van der Waals surface area (Å²) in [6.45, 7) is 3.08. The van der Waals surface area contributed by atoms with E-state index in [1.807, 2.05) is 73.7 Å². The number of rotatable bonds is 10. The quantitative estimate of drug-likeness (QED) is 0.387. The number of carbonyl (C=O) groups excluding carboxylic acids is 2. The number of nitrogens with zero attached hydrogens (tertiary/aromatic N) is 2. The maximum absolute atomic E-state index is 13.4. The maximum atomic E-state index is 13.4. The van der Waals surface area contributed by atoms with Crippen LogP contribution in [-0.2, 0) is 16.1 Å². The first kappa shape index (κ1) is 25.3. The average molecular weight is 504 g/mol. The fourth-order valence-electron chi connectivity index (χ4n) is 3.64. The normalized spacial score (nSPS) is 16.3. The van der Waals surface area contributed by atoms with Crippen LogP contribution in [-0.4, -0.2) is 40.8 Å². The number of ether oxygens (including phenoxy) is 2. The number of aliphatic imine (C=N–C) groups is 1. The van der Waals surface area contributed by atoms with Crippen LogP contribution in [0.1, 0.15) is 25.3 Å². The van der Waals surface area contributed by atoms with Gasteiger partial charge in [-0.05, 0) is 60.5 Å². The van der Waals surface area contributed by atoms with Crippen LogP contribution in [0.15, 0.2) is 83.9 Å². The third-order valence-corrected chi connectivity index (χ3v) is 6.66. The van der Waals surface area contributed by atoms with E-state index < -0.39 is 5.25 Å². The highest BCUT2D eigenvalue weighted by Gasteiger charge is 2.39. The van der Waals surface area contributed by atoms with E-state index in [4.69, 9.17) is 14.5 Å². The van der Waals surface area contributed by atoms with Crippen molar-refractivity contribution in [2.24, 2.45) is 4.99 Å². The third-order valence-electron chi connectivity index (χ3n) is 5.48. The van der Waals surface area contributed by atoms with E-state index >= 15 is 0 Å². The SMILES string of the molecule is CCCOc1ccc(NC(=O)C[C@H]2SC(=Nc3ccc(OC)cc3)N(Cc3ccccc3)C2=O)cc1. The van der Waals surface area contributed by atoms with Crippen LogP contribution in [0, 0.1) is 0 Å². The van der Waals surface area contributed by atoms with Gasteiger partial charge in [0.05, 0.1) is 25.9 Å². The lowest BCUT2D eigenvalue weighted by molar-refractivity contribution is -0.128. The number of nitrogens with one attached hydrogen (secondary N) is 1. The van der Waals surface area contributed by atoms with Gasteiger partial charge in [-0.3, -0.25) is 14.5 Å². The Morgan fingerprint density at radius 1 is 1.00 bits per heavy atom. The van der Waals surface area contributed by atoms with Gasteiger partial charge in [-0.2, -0.15) is 0 Å². The summed E-state index contributed by atoms with van der Waals surface area (Å²) in [6.07, 6.45) is 0.973. The number of amidine groups is 1. The molecule has 0 bridgehead atoms. The number of carbonyl (C=O) groups is 2. The zero-order valence-electron chi connectivity index (χ0n) is 20.3. The van der Waals surface area contributed by atoms with Crippen LogP contribution in [0.25, 0.3) is 0 Å². The van der Waals surface area contributed by atoms with Crippen LogP contribution in [0.4, 0.5) is 11.4 Å². The minimum atomic E-state index is -0.558. The van der Waals surface area contributed by atoms with Crippen molar-refractivity contribution in [3.63, 3.8) is 0 Å². The molecule has 0 radical (unpaired) electrons. The number of benzene rings is 3. The topological polar surface area (TPSA) is 80.2 Å². The van der Waals surface area contributed by atoms with E-state index in [9.17, 15) is 9.59 Å². The summed E-state index contributed by atoms with van der Waals surface area (Å²) in [6, 6.07) is 24.3. The maximum Gasteiger partial charge on any atom is 0.242 e. The molecule has 1 aliphatic rings. The second kappa shape index (κ2) is 12.3. The average Bonchev–Trinajstić information content (AvgIpc) is 3.18. The Kier molecular flexibility index (Phi) is 8.62. The highest BCUT2D eigenvalue weighted by atomic mass is 32.2. The molecule has 0 aliphatic carbocycles. The van der Waals surface area contributed by atoms with Gasteiger partial charge in [0, 0.05) is 12.1 Å². The van der Waals surface area contributed by atoms with E-state index in [2.05, 4.69) is 5.32 Å². The van der Waals surface area contributed by atoms with Crippen LogP contribution in [0.2, 0.25) is 0 Å². The molecule has 1 heterocycles. The Morgan fingerprint density at radius 3 is 2.36 bits per heavy atom. The lowest BCUT2D eigenvalue weighted by atomic mass is 10.2. The largest absolute Gasteiger partial charge is 0.497 e. The highest BCUT2D eigenvalue weighted by Crippen LogP contribution is 2.33. The highest BCUT2D eigenvalue weighted by molar-refractivity contribution is 8.15. The van der Waals surface area contributed by atoms with Gasteiger partial charge in [-0.25, -0.2) is 4.99 Å². The van der Waals surface area contributed by atoms with Gasteiger partial charge in [0.15, 0.2) is 5.17 Å². The molecule has 1 N–H and O–H groups in total. The molecule has 2 amide bonds. The molecule has 0 spiro atoms. The Morgan fingerprint density at radius 2 is 1.69 bits per heavy atom. The summed E-state index contributed by atoms with van der Waals surface area (Å²) < 4.78 is 10.8. The van der Waals surface area contributed by atoms with E-state index in [1.54, 1.807) is 24.1 Å². The summed E-state index contributed by atoms with van der Waals surface area (Å²) in [5.41, 5.74) is 2.36. The molecule has 0 saturated carbocycles. The summed E-state index contributed by atoms with van der Waals surface area (Å²) >= 11 is 1.32. The second-order valence-electron chi connectivity index (χ2n) is 8.23. The van der Waals surface area contributed by atoms with Crippen molar-refractivity contribution < 1.29 is 19.1 Å². The van der Waals surface area contributed by atoms with Gasteiger partial charge in [-0.1, -0.05) is 49.0 Å². The minimum absolute atomic E-state index is 0.0461. The first-order valence-electron chi connectivity index (χ1n) is 11.8. The number of methoxy groups -OCH3 is 1. The van der Waals surface area contributed by atoms with E-state index in [-0.39, 0.29) is 18.2 Å². The van der Waals surface area contributed by atoms with Crippen LogP contribution >= 0.6 is 11.8 Å². The van der Waals surface area contributed by atoms with E-state index in [0.717, 1.165) is 23.5 Å². The van der Waals surface area contributed by atoms with Gasteiger partial charge < -0.3 is 14.8 Å². The number of anilines is 1. The van der Waals surface area contributed by atoms with Crippen molar-refractivity contribution in [2.45, 2.75) is 31.6 Å². The monoisotopic (exact) mass is 503 g/mol. The molecule has 186 valence electrons. The molecule has 0 aromatic heterocycles. The lowest BCUT2D eigenvalue weighted by Gasteiger charge is -2.16. The van der Waals surface area contributed by atoms with Crippen LogP contribution < -0.4 is 14.8 Å². The van der Waals surface area contributed by atoms with Gasteiger partial charge in [0.1, 0.15) is 16.7 Å². The number of hydrogen-bond acceptors (Lipinski definition) is 6. The number of thioether (sulfide) groups is 1. The minimum Gasteiger partial charge on any atom is -0.497 e. The van der Waals surface area contributed by atoms with Crippen molar-refractivity contribution in [1.29, 1.82) is 0 Å². The van der Waals surface area contributed by atoms with Crippen LogP contribution in [0.3, 0.4) is 0 Å². The summed E-state index contributed by atoms with van der Waals surface area (Å²) in [5, 5.41) is 2.90. The first-order valence-corrected chi connectivity index (χ1v) is 12.7.